The number of carbonyl (C=O) groups is 2. The van der Waals surface area contributed by atoms with Gasteiger partial charge in [-0.1, -0.05) is 24.3 Å². The van der Waals surface area contributed by atoms with Crippen LogP contribution in [-0.2, 0) is 16.1 Å². The molecular formula is C22H20N2O4S. The van der Waals surface area contributed by atoms with E-state index in [1.165, 1.54) is 0 Å². The summed E-state index contributed by atoms with van der Waals surface area (Å²) in [6, 6.07) is 9.88. The van der Waals surface area contributed by atoms with E-state index >= 15 is 0 Å². The number of hydrogen-bond acceptors (Lipinski definition) is 6. The molecule has 1 aliphatic rings. The van der Waals surface area contributed by atoms with Crippen LogP contribution in [0.5, 0.6) is 0 Å². The number of carbonyl (C=O) groups excluding carboxylic acids is 2. The zero-order valence-corrected chi connectivity index (χ0v) is 17.1. The minimum absolute atomic E-state index is 0.188. The quantitative estimate of drug-likeness (QED) is 0.603. The van der Waals surface area contributed by atoms with Crippen LogP contribution in [-0.4, -0.2) is 21.7 Å². The molecule has 29 heavy (non-hydrogen) atoms. The first kappa shape index (κ1) is 19.4. The Balaban J connectivity index is 1.63. The van der Waals surface area contributed by atoms with Crippen LogP contribution in [0.2, 0.25) is 0 Å². The SMILES string of the molecule is CC(C)(C)OCc1ccc(-c2cncc3cc(/C=C4/SC(=O)NC4=O)oc23)cc1. The van der Waals surface area contributed by atoms with Crippen LogP contribution in [0.15, 0.2) is 52.0 Å². The van der Waals surface area contributed by atoms with Crippen molar-refractivity contribution in [2.24, 2.45) is 0 Å². The molecule has 1 N–H and O–H groups in total. The Hall–Kier alpha value is -2.90. The smallest absolute Gasteiger partial charge is 0.290 e. The Labute approximate surface area is 172 Å². The Morgan fingerprint density at radius 1 is 1.17 bits per heavy atom. The summed E-state index contributed by atoms with van der Waals surface area (Å²) in [5.41, 5.74) is 3.41. The number of aromatic nitrogens is 1. The number of thioether (sulfide) groups is 1. The Morgan fingerprint density at radius 2 is 1.93 bits per heavy atom. The monoisotopic (exact) mass is 408 g/mol. The predicted molar refractivity (Wildman–Crippen MR) is 113 cm³/mol. The number of rotatable bonds is 4. The molecule has 2 aromatic heterocycles. The lowest BCUT2D eigenvalue weighted by Crippen LogP contribution is -2.18. The second-order valence-corrected chi connectivity index (χ2v) is 8.72. The number of benzene rings is 1. The molecular weight excluding hydrogens is 388 g/mol. The van der Waals surface area contributed by atoms with E-state index in [1.807, 2.05) is 45.0 Å². The number of amides is 2. The van der Waals surface area contributed by atoms with Crippen LogP contribution in [0.25, 0.3) is 28.2 Å². The molecule has 1 saturated heterocycles. The minimum Gasteiger partial charge on any atom is -0.456 e. The second-order valence-electron chi connectivity index (χ2n) is 7.70. The van der Waals surface area contributed by atoms with Gasteiger partial charge in [-0.2, -0.15) is 0 Å². The van der Waals surface area contributed by atoms with E-state index in [-0.39, 0.29) is 10.8 Å². The first-order valence-electron chi connectivity index (χ1n) is 9.14. The predicted octanol–water partition coefficient (Wildman–Crippen LogP) is 5.13. The molecule has 0 atom stereocenters. The molecule has 1 aromatic carbocycles. The summed E-state index contributed by atoms with van der Waals surface area (Å²) in [6.45, 7) is 6.63. The molecule has 0 saturated carbocycles. The van der Waals surface area contributed by atoms with Crippen molar-refractivity contribution in [3.05, 3.63) is 59.0 Å². The van der Waals surface area contributed by atoms with Crippen molar-refractivity contribution in [2.45, 2.75) is 33.0 Å². The summed E-state index contributed by atoms with van der Waals surface area (Å²) in [4.78, 5) is 27.7. The lowest BCUT2D eigenvalue weighted by atomic mass is 10.0. The molecule has 148 valence electrons. The van der Waals surface area contributed by atoms with Crippen LogP contribution in [0.4, 0.5) is 4.79 Å². The molecule has 4 rings (SSSR count). The van der Waals surface area contributed by atoms with Crippen molar-refractivity contribution in [1.82, 2.24) is 10.3 Å². The molecule has 3 heterocycles. The number of imide groups is 1. The van der Waals surface area contributed by atoms with E-state index in [9.17, 15) is 9.59 Å². The molecule has 6 nitrogen and oxygen atoms in total. The largest absolute Gasteiger partial charge is 0.456 e. The Kier molecular flexibility index (Phi) is 5.02. The lowest BCUT2D eigenvalue weighted by Gasteiger charge is -2.19. The molecule has 3 aromatic rings. The average molecular weight is 408 g/mol. The molecule has 0 spiro atoms. The minimum atomic E-state index is -0.410. The topological polar surface area (TPSA) is 81.4 Å². The second kappa shape index (κ2) is 7.50. The number of ether oxygens (including phenoxy) is 1. The van der Waals surface area contributed by atoms with Crippen LogP contribution in [0.3, 0.4) is 0 Å². The van der Waals surface area contributed by atoms with Gasteiger partial charge in [-0.05, 0) is 49.7 Å². The van der Waals surface area contributed by atoms with Gasteiger partial charge in [0.15, 0.2) is 0 Å². The van der Waals surface area contributed by atoms with Gasteiger partial charge in [-0.25, -0.2) is 0 Å². The zero-order chi connectivity index (χ0) is 20.6. The highest BCUT2D eigenvalue weighted by atomic mass is 32.2. The van der Waals surface area contributed by atoms with Gasteiger partial charge in [0, 0.05) is 29.4 Å². The number of nitrogens with one attached hydrogen (secondary N) is 1. The van der Waals surface area contributed by atoms with Gasteiger partial charge in [0.05, 0.1) is 17.1 Å². The van der Waals surface area contributed by atoms with E-state index < -0.39 is 5.91 Å². The van der Waals surface area contributed by atoms with Crippen molar-refractivity contribution in [2.75, 3.05) is 0 Å². The van der Waals surface area contributed by atoms with E-state index in [4.69, 9.17) is 9.15 Å². The van der Waals surface area contributed by atoms with Gasteiger partial charge >= 0.3 is 0 Å². The van der Waals surface area contributed by atoms with E-state index in [0.29, 0.717) is 22.9 Å². The van der Waals surface area contributed by atoms with Crippen molar-refractivity contribution in [3.8, 4) is 11.1 Å². The third-order valence-electron chi connectivity index (χ3n) is 4.29. The maximum absolute atomic E-state index is 11.8. The summed E-state index contributed by atoms with van der Waals surface area (Å²) >= 11 is 0.861. The van der Waals surface area contributed by atoms with Gasteiger partial charge in [-0.15, -0.1) is 0 Å². The van der Waals surface area contributed by atoms with Gasteiger partial charge < -0.3 is 9.15 Å². The summed E-state index contributed by atoms with van der Waals surface area (Å²) < 4.78 is 11.8. The zero-order valence-electron chi connectivity index (χ0n) is 16.3. The number of hydrogen-bond donors (Lipinski definition) is 1. The number of pyridine rings is 1. The molecule has 1 fully saturated rings. The van der Waals surface area contributed by atoms with E-state index in [0.717, 1.165) is 33.8 Å². The van der Waals surface area contributed by atoms with Crippen LogP contribution in [0.1, 0.15) is 32.1 Å². The number of fused-ring (bicyclic) bond motifs is 1. The lowest BCUT2D eigenvalue weighted by molar-refractivity contribution is -0.115. The average Bonchev–Trinajstić information content (AvgIpc) is 3.21. The third-order valence-corrected chi connectivity index (χ3v) is 5.10. The summed E-state index contributed by atoms with van der Waals surface area (Å²) in [5.74, 6) is 0.0867. The highest BCUT2D eigenvalue weighted by molar-refractivity contribution is 8.18. The van der Waals surface area contributed by atoms with Crippen molar-refractivity contribution in [1.29, 1.82) is 0 Å². The standard InChI is InChI=1S/C22H20N2O4S/c1-22(2,3)27-12-13-4-6-14(7-5-13)17-11-23-10-15-8-16(28-19(15)17)9-18-20(25)24-21(26)29-18/h4-11H,12H2,1-3H3,(H,24,25,26)/b18-9+. The van der Waals surface area contributed by atoms with Gasteiger partial charge in [0.2, 0.25) is 0 Å². The van der Waals surface area contributed by atoms with E-state index in [2.05, 4.69) is 10.3 Å². The van der Waals surface area contributed by atoms with Gasteiger partial charge in [0.25, 0.3) is 11.1 Å². The van der Waals surface area contributed by atoms with Crippen molar-refractivity contribution < 1.29 is 18.7 Å². The first-order valence-corrected chi connectivity index (χ1v) is 9.96. The third kappa shape index (κ3) is 4.41. The van der Waals surface area contributed by atoms with Crippen molar-refractivity contribution in [3.63, 3.8) is 0 Å². The van der Waals surface area contributed by atoms with Gasteiger partial charge in [0.1, 0.15) is 11.3 Å². The molecule has 2 amide bonds. The van der Waals surface area contributed by atoms with Gasteiger partial charge in [-0.3, -0.25) is 19.9 Å². The summed E-state index contributed by atoms with van der Waals surface area (Å²) in [7, 11) is 0. The molecule has 0 unspecified atom stereocenters. The summed E-state index contributed by atoms with van der Waals surface area (Å²) in [6.07, 6.45) is 5.04. The first-order chi connectivity index (χ1) is 13.8. The fraction of sp³-hybridized carbons (Fsp3) is 0.227. The highest BCUT2D eigenvalue weighted by Crippen LogP contribution is 2.33. The fourth-order valence-corrected chi connectivity index (χ4v) is 3.55. The number of furan rings is 1. The molecule has 1 aliphatic heterocycles. The maximum atomic E-state index is 11.8. The molecule has 0 aliphatic carbocycles. The Morgan fingerprint density at radius 3 is 2.59 bits per heavy atom. The van der Waals surface area contributed by atoms with Crippen LogP contribution in [0, 0.1) is 0 Å². The van der Waals surface area contributed by atoms with Crippen molar-refractivity contribution >= 4 is 40.0 Å². The fourth-order valence-electron chi connectivity index (χ4n) is 2.89. The highest BCUT2D eigenvalue weighted by Gasteiger charge is 2.25. The maximum Gasteiger partial charge on any atom is 0.290 e. The van der Waals surface area contributed by atoms with Crippen LogP contribution >= 0.6 is 11.8 Å². The molecule has 7 heteroatoms. The molecule has 0 bridgehead atoms. The van der Waals surface area contributed by atoms with Crippen LogP contribution < -0.4 is 5.32 Å². The summed E-state index contributed by atoms with van der Waals surface area (Å²) in [5, 5.41) is 2.68. The molecule has 0 radical (unpaired) electrons. The van der Waals surface area contributed by atoms with E-state index in [1.54, 1.807) is 24.5 Å². The Bertz CT molecular complexity index is 1120. The number of nitrogens with zero attached hydrogens (tertiary/aromatic N) is 1. The normalized spacial score (nSPS) is 16.0.